The molecule has 0 radical (unpaired) electrons. The molecule has 1 heterocycles. The summed E-state index contributed by atoms with van der Waals surface area (Å²) in [5.74, 6) is -1.29. The fraction of sp³-hybridized carbons (Fsp3) is 0.350. The summed E-state index contributed by atoms with van der Waals surface area (Å²) < 4.78 is 0. The van der Waals surface area contributed by atoms with E-state index in [1.54, 1.807) is 0 Å². The number of benzene rings is 1. The number of carboxylic acids is 1. The molecule has 24 heavy (non-hydrogen) atoms. The number of carboxylic acid groups (broad SMARTS) is 1. The van der Waals surface area contributed by atoms with Crippen molar-refractivity contribution in [2.45, 2.75) is 43.9 Å². The molecule has 4 nitrogen and oxygen atoms in total. The van der Waals surface area contributed by atoms with Crippen molar-refractivity contribution in [3.63, 3.8) is 0 Å². The summed E-state index contributed by atoms with van der Waals surface area (Å²) in [6.07, 6.45) is 10.8. The summed E-state index contributed by atoms with van der Waals surface area (Å²) in [5, 5.41) is 8.83. The first-order valence-corrected chi connectivity index (χ1v) is 8.28. The van der Waals surface area contributed by atoms with Crippen LogP contribution in [0.15, 0.2) is 30.6 Å². The Morgan fingerprint density at radius 3 is 2.33 bits per heavy atom. The van der Waals surface area contributed by atoms with Gasteiger partial charge in [-0.15, -0.1) is 0 Å². The zero-order valence-corrected chi connectivity index (χ0v) is 13.9. The highest BCUT2D eigenvalue weighted by molar-refractivity contribution is 5.83. The van der Waals surface area contributed by atoms with Crippen LogP contribution in [0.1, 0.15) is 66.0 Å². The van der Waals surface area contributed by atoms with Gasteiger partial charge in [0.25, 0.3) is 0 Å². The summed E-state index contributed by atoms with van der Waals surface area (Å²) in [4.78, 5) is 18.5. The van der Waals surface area contributed by atoms with E-state index in [0.29, 0.717) is 10.8 Å². The van der Waals surface area contributed by atoms with E-state index in [1.165, 1.54) is 42.8 Å². The minimum absolute atomic E-state index is 0.179. The first-order valence-electron chi connectivity index (χ1n) is 8.28. The lowest BCUT2D eigenvalue weighted by Crippen LogP contribution is -2.17. The molecule has 1 aromatic heterocycles. The molecule has 122 valence electrons. The summed E-state index contributed by atoms with van der Waals surface area (Å²) in [7, 11) is 0. The second kappa shape index (κ2) is 5.00. The molecule has 1 aromatic carbocycles. The highest BCUT2D eigenvalue weighted by atomic mass is 16.4. The van der Waals surface area contributed by atoms with E-state index in [9.17, 15) is 4.79 Å². The quantitative estimate of drug-likeness (QED) is 0.926. The fourth-order valence-electron chi connectivity index (χ4n) is 4.47. The zero-order chi connectivity index (χ0) is 16.9. The normalized spacial score (nSPS) is 27.6. The highest BCUT2D eigenvalue weighted by Crippen LogP contribution is 2.60. The Morgan fingerprint density at radius 2 is 1.67 bits per heavy atom. The third-order valence-electron chi connectivity index (χ3n) is 5.68. The number of hydrogen-bond donors (Lipinski definition) is 1. The van der Waals surface area contributed by atoms with Crippen molar-refractivity contribution < 1.29 is 9.90 Å². The van der Waals surface area contributed by atoms with Crippen molar-refractivity contribution >= 4 is 18.1 Å². The number of carbonyl (C=O) groups is 1. The molecule has 0 aliphatic heterocycles. The Kier molecular flexibility index (Phi) is 3.14. The topological polar surface area (TPSA) is 63.1 Å². The smallest absolute Gasteiger partial charge is 0.373 e. The molecule has 1 fully saturated rings. The molecule has 2 aliphatic rings. The molecule has 2 aliphatic carbocycles. The summed E-state index contributed by atoms with van der Waals surface area (Å²) >= 11 is 0. The van der Waals surface area contributed by atoms with E-state index < -0.39 is 5.97 Å². The number of aromatic nitrogens is 2. The molecule has 2 atom stereocenters. The Hall–Kier alpha value is -2.49. The van der Waals surface area contributed by atoms with Crippen LogP contribution in [0.4, 0.5) is 0 Å². The Morgan fingerprint density at radius 1 is 1.04 bits per heavy atom. The van der Waals surface area contributed by atoms with Crippen molar-refractivity contribution in [3.05, 3.63) is 58.7 Å². The lowest BCUT2D eigenvalue weighted by atomic mass is 9.77. The second-order valence-electron chi connectivity index (χ2n) is 7.58. The second-order valence-corrected chi connectivity index (χ2v) is 7.58. The van der Waals surface area contributed by atoms with E-state index in [-0.39, 0.29) is 5.82 Å². The molecule has 4 heteroatoms. The van der Waals surface area contributed by atoms with Gasteiger partial charge in [0.1, 0.15) is 0 Å². The van der Waals surface area contributed by atoms with Gasteiger partial charge in [-0.3, -0.25) is 0 Å². The Bertz CT molecular complexity index is 856. The predicted molar refractivity (Wildman–Crippen MR) is 92.9 cm³/mol. The number of rotatable bonds is 3. The van der Waals surface area contributed by atoms with Gasteiger partial charge in [0.2, 0.25) is 5.82 Å². The van der Waals surface area contributed by atoms with Crippen LogP contribution in [0.25, 0.3) is 12.2 Å². The third kappa shape index (κ3) is 2.25. The lowest BCUT2D eigenvalue weighted by Gasteiger charge is -2.27. The molecular weight excluding hydrogens is 300 g/mol. The van der Waals surface area contributed by atoms with Crippen LogP contribution >= 0.6 is 0 Å². The number of nitrogens with zero attached hydrogens (tertiary/aromatic N) is 2. The van der Waals surface area contributed by atoms with Gasteiger partial charge >= 0.3 is 5.97 Å². The average molecular weight is 320 g/mol. The van der Waals surface area contributed by atoms with Gasteiger partial charge in [-0.05, 0) is 46.8 Å². The minimum atomic E-state index is -1.11. The molecule has 1 saturated carbocycles. The molecule has 0 saturated heterocycles. The van der Waals surface area contributed by atoms with Gasteiger partial charge < -0.3 is 5.11 Å². The van der Waals surface area contributed by atoms with Crippen molar-refractivity contribution in [2.75, 3.05) is 0 Å². The van der Waals surface area contributed by atoms with Gasteiger partial charge in [0.15, 0.2) is 0 Å². The maximum Gasteiger partial charge on any atom is 0.373 e. The van der Waals surface area contributed by atoms with Gasteiger partial charge in [-0.1, -0.05) is 44.2 Å². The van der Waals surface area contributed by atoms with Crippen LogP contribution < -0.4 is 0 Å². The Balaban J connectivity index is 1.62. The van der Waals surface area contributed by atoms with Crippen LogP contribution in [0.5, 0.6) is 0 Å². The first-order chi connectivity index (χ1) is 11.4. The monoisotopic (exact) mass is 320 g/mol. The SMILES string of the molecule is CC12CCC(C)(C1)c1cc(/C=C/c3cnc(C(=O)O)nc3)ccc12. The van der Waals surface area contributed by atoms with E-state index in [2.05, 4.69) is 42.0 Å². The van der Waals surface area contributed by atoms with Crippen LogP contribution in [0.3, 0.4) is 0 Å². The minimum Gasteiger partial charge on any atom is -0.475 e. The summed E-state index contributed by atoms with van der Waals surface area (Å²) in [6, 6.07) is 6.75. The molecule has 2 bridgehead atoms. The molecule has 2 unspecified atom stereocenters. The zero-order valence-electron chi connectivity index (χ0n) is 13.9. The Labute approximate surface area is 141 Å². The predicted octanol–water partition coefficient (Wildman–Crippen LogP) is 4.06. The standard InChI is InChI=1S/C20H20N2O2/c1-19-7-8-20(2,12-19)16-9-13(5-6-15(16)19)3-4-14-10-21-17(18(23)24)22-11-14/h3-6,9-11H,7-8,12H2,1-2H3,(H,23,24)/b4-3+. The van der Waals surface area contributed by atoms with Gasteiger partial charge in [0, 0.05) is 18.0 Å². The molecule has 0 amide bonds. The van der Waals surface area contributed by atoms with Crippen LogP contribution in [0, 0.1) is 0 Å². The number of aromatic carboxylic acids is 1. The lowest BCUT2D eigenvalue weighted by molar-refractivity contribution is 0.0683. The molecule has 2 aromatic rings. The van der Waals surface area contributed by atoms with E-state index in [1.807, 2.05) is 12.2 Å². The van der Waals surface area contributed by atoms with E-state index in [4.69, 9.17) is 5.11 Å². The summed E-state index contributed by atoms with van der Waals surface area (Å²) in [5.41, 5.74) is 5.64. The van der Waals surface area contributed by atoms with Gasteiger partial charge in [-0.2, -0.15) is 0 Å². The largest absolute Gasteiger partial charge is 0.475 e. The maximum atomic E-state index is 10.8. The third-order valence-corrected chi connectivity index (χ3v) is 5.68. The molecule has 1 N–H and O–H groups in total. The highest BCUT2D eigenvalue weighted by Gasteiger charge is 2.52. The van der Waals surface area contributed by atoms with Gasteiger partial charge in [0.05, 0.1) is 0 Å². The van der Waals surface area contributed by atoms with Crippen molar-refractivity contribution in [1.29, 1.82) is 0 Å². The van der Waals surface area contributed by atoms with Crippen LogP contribution in [-0.4, -0.2) is 21.0 Å². The van der Waals surface area contributed by atoms with E-state index >= 15 is 0 Å². The van der Waals surface area contributed by atoms with Crippen molar-refractivity contribution in [3.8, 4) is 0 Å². The molecule has 0 spiro atoms. The maximum absolute atomic E-state index is 10.8. The first kappa shape index (κ1) is 15.1. The van der Waals surface area contributed by atoms with E-state index in [0.717, 1.165) is 11.1 Å². The van der Waals surface area contributed by atoms with Crippen LogP contribution in [-0.2, 0) is 10.8 Å². The summed E-state index contributed by atoms with van der Waals surface area (Å²) in [6.45, 7) is 4.77. The number of hydrogen-bond acceptors (Lipinski definition) is 3. The van der Waals surface area contributed by atoms with Gasteiger partial charge in [-0.25, -0.2) is 14.8 Å². The fourth-order valence-corrected chi connectivity index (χ4v) is 4.47. The molecule has 4 rings (SSSR count). The molecular formula is C20H20N2O2. The number of fused-ring (bicyclic) bond motifs is 5. The van der Waals surface area contributed by atoms with Crippen molar-refractivity contribution in [1.82, 2.24) is 9.97 Å². The van der Waals surface area contributed by atoms with Crippen LogP contribution in [0.2, 0.25) is 0 Å². The van der Waals surface area contributed by atoms with Crippen molar-refractivity contribution in [2.24, 2.45) is 0 Å². The average Bonchev–Trinajstić information content (AvgIpc) is 3.01.